The van der Waals surface area contributed by atoms with E-state index < -0.39 is 10.0 Å². The van der Waals surface area contributed by atoms with Crippen LogP contribution in [-0.2, 0) is 16.6 Å². The molecule has 0 amide bonds. The average Bonchev–Trinajstić information content (AvgIpc) is 3.24. The fraction of sp³-hybridized carbons (Fsp3) is 0.250. The molecule has 0 aliphatic carbocycles. The monoisotopic (exact) mass is 505 g/mol. The third kappa shape index (κ3) is 5.64. The molecule has 0 fully saturated rings. The van der Waals surface area contributed by atoms with Crippen LogP contribution in [0, 0.1) is 13.8 Å². The van der Waals surface area contributed by atoms with Gasteiger partial charge in [-0.15, -0.1) is 11.3 Å². The second-order valence-corrected chi connectivity index (χ2v) is 11.3. The van der Waals surface area contributed by atoms with Crippen LogP contribution in [0.25, 0.3) is 11.3 Å². The predicted molar refractivity (Wildman–Crippen MR) is 145 cm³/mol. The third-order valence-corrected chi connectivity index (χ3v) is 8.94. The number of aryl methyl sites for hydroxylation is 2. The van der Waals surface area contributed by atoms with Gasteiger partial charge in [0.2, 0.25) is 10.0 Å². The Kier molecular flexibility index (Phi) is 7.69. The standard InChI is InChI=1S/C28H31N3O2S2/c1-5-30(6-2)35(32,33)26-17-13-24(14-18-26)27-20-34-28(29-25-15-9-22(4)10-16-25)31(27)19-23-11-7-21(3)8-12-23/h7-18,20H,5-6,19H2,1-4H3. The summed E-state index contributed by atoms with van der Waals surface area (Å²) >= 11 is 1.58. The molecule has 4 aromatic rings. The zero-order chi connectivity index (χ0) is 25.0. The lowest BCUT2D eigenvalue weighted by atomic mass is 10.1. The lowest BCUT2D eigenvalue weighted by Gasteiger charge is -2.18. The van der Waals surface area contributed by atoms with Gasteiger partial charge in [-0.3, -0.25) is 0 Å². The van der Waals surface area contributed by atoms with Crippen LogP contribution < -0.4 is 4.80 Å². The summed E-state index contributed by atoms with van der Waals surface area (Å²) in [6.45, 7) is 9.43. The number of thiazole rings is 1. The number of benzene rings is 3. The van der Waals surface area contributed by atoms with Crippen molar-refractivity contribution in [1.29, 1.82) is 0 Å². The Morgan fingerprint density at radius 3 is 1.97 bits per heavy atom. The normalized spacial score (nSPS) is 12.4. The van der Waals surface area contributed by atoms with Gasteiger partial charge in [0, 0.05) is 18.5 Å². The minimum absolute atomic E-state index is 0.315. The zero-order valence-electron chi connectivity index (χ0n) is 20.6. The van der Waals surface area contributed by atoms with Gasteiger partial charge in [0.1, 0.15) is 0 Å². The summed E-state index contributed by atoms with van der Waals surface area (Å²) in [6.07, 6.45) is 0. The largest absolute Gasteiger partial charge is 0.312 e. The van der Waals surface area contributed by atoms with E-state index in [0.29, 0.717) is 24.5 Å². The Morgan fingerprint density at radius 1 is 0.829 bits per heavy atom. The Morgan fingerprint density at radius 2 is 1.40 bits per heavy atom. The van der Waals surface area contributed by atoms with Crippen molar-refractivity contribution in [1.82, 2.24) is 8.87 Å². The summed E-state index contributed by atoms with van der Waals surface area (Å²) in [4.78, 5) is 6.13. The highest BCUT2D eigenvalue weighted by molar-refractivity contribution is 7.89. The molecule has 1 heterocycles. The lowest BCUT2D eigenvalue weighted by Crippen LogP contribution is -2.30. The van der Waals surface area contributed by atoms with Crippen LogP contribution >= 0.6 is 11.3 Å². The molecular formula is C28H31N3O2S2. The molecule has 0 aliphatic rings. The van der Waals surface area contributed by atoms with E-state index in [0.717, 1.165) is 21.7 Å². The molecule has 0 N–H and O–H groups in total. The van der Waals surface area contributed by atoms with Gasteiger partial charge < -0.3 is 4.57 Å². The van der Waals surface area contributed by atoms with Crippen LogP contribution in [0.1, 0.15) is 30.5 Å². The van der Waals surface area contributed by atoms with Crippen LogP contribution in [0.5, 0.6) is 0 Å². The number of hydrogen-bond acceptors (Lipinski definition) is 4. The van der Waals surface area contributed by atoms with Gasteiger partial charge >= 0.3 is 0 Å². The summed E-state index contributed by atoms with van der Waals surface area (Å²) in [5, 5.41) is 2.09. The molecule has 3 aromatic carbocycles. The molecule has 0 aliphatic heterocycles. The molecule has 4 rings (SSSR count). The smallest absolute Gasteiger partial charge is 0.243 e. The first kappa shape index (κ1) is 25.1. The lowest BCUT2D eigenvalue weighted by molar-refractivity contribution is 0.445. The molecule has 182 valence electrons. The number of rotatable bonds is 8. The number of aromatic nitrogens is 1. The number of sulfonamides is 1. The average molecular weight is 506 g/mol. The third-order valence-electron chi connectivity index (χ3n) is 6.01. The maximum Gasteiger partial charge on any atom is 0.243 e. The molecule has 1 aromatic heterocycles. The minimum Gasteiger partial charge on any atom is -0.312 e. The predicted octanol–water partition coefficient (Wildman–Crippen LogP) is 6.14. The van der Waals surface area contributed by atoms with Crippen molar-refractivity contribution in [2.24, 2.45) is 4.99 Å². The van der Waals surface area contributed by atoms with Gasteiger partial charge in [-0.1, -0.05) is 73.5 Å². The van der Waals surface area contributed by atoms with Crippen LogP contribution in [-0.4, -0.2) is 30.4 Å². The summed E-state index contributed by atoms with van der Waals surface area (Å²) in [5.41, 5.74) is 6.47. The SMILES string of the molecule is CCN(CC)S(=O)(=O)c1ccc(-c2csc(=Nc3ccc(C)cc3)n2Cc2ccc(C)cc2)cc1. The van der Waals surface area contributed by atoms with E-state index in [9.17, 15) is 8.42 Å². The number of hydrogen-bond donors (Lipinski definition) is 0. The van der Waals surface area contributed by atoms with Gasteiger partial charge in [-0.25, -0.2) is 13.4 Å². The highest BCUT2D eigenvalue weighted by Crippen LogP contribution is 2.25. The zero-order valence-corrected chi connectivity index (χ0v) is 22.2. The molecule has 7 heteroatoms. The van der Waals surface area contributed by atoms with Crippen molar-refractivity contribution in [3.8, 4) is 11.3 Å². The Balaban J connectivity index is 1.77. The van der Waals surface area contributed by atoms with Crippen molar-refractivity contribution in [2.75, 3.05) is 13.1 Å². The van der Waals surface area contributed by atoms with Crippen molar-refractivity contribution in [3.05, 3.63) is 99.7 Å². The second kappa shape index (κ2) is 10.7. The number of nitrogens with zero attached hydrogens (tertiary/aromatic N) is 3. The van der Waals surface area contributed by atoms with Crippen molar-refractivity contribution in [2.45, 2.75) is 39.1 Å². The molecule has 0 atom stereocenters. The molecule has 35 heavy (non-hydrogen) atoms. The molecule has 0 saturated heterocycles. The van der Waals surface area contributed by atoms with Gasteiger partial charge in [-0.2, -0.15) is 4.31 Å². The molecule has 0 saturated carbocycles. The molecule has 0 unspecified atom stereocenters. The van der Waals surface area contributed by atoms with E-state index in [1.165, 1.54) is 21.0 Å². The molecule has 5 nitrogen and oxygen atoms in total. The topological polar surface area (TPSA) is 54.7 Å². The van der Waals surface area contributed by atoms with Crippen LogP contribution in [0.15, 0.2) is 88.1 Å². The fourth-order valence-electron chi connectivity index (χ4n) is 3.92. The van der Waals surface area contributed by atoms with Crippen LogP contribution in [0.3, 0.4) is 0 Å². The maximum absolute atomic E-state index is 12.9. The summed E-state index contributed by atoms with van der Waals surface area (Å²) < 4.78 is 29.5. The quantitative estimate of drug-likeness (QED) is 0.289. The Hall–Kier alpha value is -3.00. The van der Waals surface area contributed by atoms with E-state index in [1.54, 1.807) is 23.5 Å². The van der Waals surface area contributed by atoms with E-state index in [2.05, 4.69) is 60.2 Å². The molecule has 0 spiro atoms. The summed E-state index contributed by atoms with van der Waals surface area (Å²) in [6, 6.07) is 23.9. The van der Waals surface area contributed by atoms with Crippen LogP contribution in [0.4, 0.5) is 5.69 Å². The van der Waals surface area contributed by atoms with E-state index in [1.807, 2.05) is 38.1 Å². The molecule has 0 bridgehead atoms. The van der Waals surface area contributed by atoms with Gasteiger partial charge in [0.25, 0.3) is 0 Å². The first-order valence-electron chi connectivity index (χ1n) is 11.8. The van der Waals surface area contributed by atoms with Crippen molar-refractivity contribution < 1.29 is 8.42 Å². The maximum atomic E-state index is 12.9. The first-order valence-corrected chi connectivity index (χ1v) is 14.1. The fourth-order valence-corrected chi connectivity index (χ4v) is 6.30. The van der Waals surface area contributed by atoms with E-state index >= 15 is 0 Å². The second-order valence-electron chi connectivity index (χ2n) is 8.54. The highest BCUT2D eigenvalue weighted by atomic mass is 32.2. The Bertz CT molecular complexity index is 1440. The van der Waals surface area contributed by atoms with Crippen molar-refractivity contribution >= 4 is 27.0 Å². The van der Waals surface area contributed by atoms with E-state index in [-0.39, 0.29) is 0 Å². The van der Waals surface area contributed by atoms with Crippen LogP contribution in [0.2, 0.25) is 0 Å². The van der Waals surface area contributed by atoms with Gasteiger partial charge in [-0.05, 0) is 49.2 Å². The summed E-state index contributed by atoms with van der Waals surface area (Å²) in [7, 11) is -3.49. The van der Waals surface area contributed by atoms with Gasteiger partial charge in [0.05, 0.1) is 22.8 Å². The first-order chi connectivity index (χ1) is 16.8. The summed E-state index contributed by atoms with van der Waals surface area (Å²) in [5.74, 6) is 0. The molecule has 0 radical (unpaired) electrons. The molecular weight excluding hydrogens is 474 g/mol. The van der Waals surface area contributed by atoms with Crippen molar-refractivity contribution in [3.63, 3.8) is 0 Å². The van der Waals surface area contributed by atoms with Gasteiger partial charge in [0.15, 0.2) is 4.80 Å². The van der Waals surface area contributed by atoms with E-state index in [4.69, 9.17) is 4.99 Å². The Labute approximate surface area is 212 Å². The highest BCUT2D eigenvalue weighted by Gasteiger charge is 2.21. The minimum atomic E-state index is -3.49.